The van der Waals surface area contributed by atoms with E-state index in [2.05, 4.69) is 10.3 Å². The Morgan fingerprint density at radius 2 is 1.83 bits per heavy atom. The smallest absolute Gasteiger partial charge is 0.330 e. The number of Topliss-reactive ketones (excluding diaryl/α,β-unsaturated/α-hetero) is 1. The first kappa shape index (κ1) is 21.7. The molecule has 2 fully saturated rings. The Kier molecular flexibility index (Phi) is 4.53. The molecule has 0 aliphatic carbocycles. The van der Waals surface area contributed by atoms with Crippen molar-refractivity contribution in [1.82, 2.24) is 14.9 Å². The van der Waals surface area contributed by atoms with Crippen LogP contribution in [0.4, 0.5) is 5.69 Å². The highest BCUT2D eigenvalue weighted by Gasteiger charge is 2.64. The summed E-state index contributed by atoms with van der Waals surface area (Å²) >= 11 is 0. The Morgan fingerprint density at radius 3 is 2.60 bits per heavy atom. The Morgan fingerprint density at radius 1 is 1.11 bits per heavy atom. The number of para-hydroxylation sites is 2. The zero-order valence-corrected chi connectivity index (χ0v) is 19.5. The molecule has 0 unspecified atom stereocenters. The second kappa shape index (κ2) is 7.32. The van der Waals surface area contributed by atoms with E-state index in [1.165, 1.54) is 4.57 Å². The first-order valence-electron chi connectivity index (χ1n) is 11.7. The van der Waals surface area contributed by atoms with E-state index in [9.17, 15) is 19.2 Å². The molecular weight excluding hydrogens is 448 g/mol. The monoisotopic (exact) mass is 472 g/mol. The van der Waals surface area contributed by atoms with Crippen LogP contribution in [0.25, 0.3) is 10.9 Å². The summed E-state index contributed by atoms with van der Waals surface area (Å²) in [6, 6.07) is 12.6. The summed E-state index contributed by atoms with van der Waals surface area (Å²) in [5, 5.41) is 3.58. The zero-order valence-electron chi connectivity index (χ0n) is 19.5. The minimum atomic E-state index is -1.19. The number of nitrogens with zero attached hydrogens (tertiary/aromatic N) is 3. The van der Waals surface area contributed by atoms with Crippen LogP contribution in [0.1, 0.15) is 49.4 Å². The van der Waals surface area contributed by atoms with Crippen molar-refractivity contribution in [1.29, 1.82) is 0 Å². The molecule has 178 valence electrons. The molecule has 4 atom stereocenters. The minimum absolute atomic E-state index is 0.0605. The summed E-state index contributed by atoms with van der Waals surface area (Å²) < 4.78 is 7.28. The molecule has 35 heavy (non-hydrogen) atoms. The molecule has 9 heteroatoms. The molecule has 1 aromatic heterocycles. The molecule has 2 saturated heterocycles. The average Bonchev–Trinajstić information content (AvgIpc) is 3.44. The van der Waals surface area contributed by atoms with E-state index in [0.29, 0.717) is 22.2 Å². The largest absolute Gasteiger partial charge is 0.449 e. The second-order valence-corrected chi connectivity index (χ2v) is 9.69. The number of anilines is 1. The fraction of sp³-hybridized carbons (Fsp3) is 0.346. The van der Waals surface area contributed by atoms with E-state index in [4.69, 9.17) is 4.74 Å². The van der Waals surface area contributed by atoms with Gasteiger partial charge in [0, 0.05) is 17.9 Å². The number of fused-ring (bicyclic) bond motifs is 6. The van der Waals surface area contributed by atoms with Gasteiger partial charge in [0.25, 0.3) is 5.56 Å². The number of hydrogen-bond donors (Lipinski definition) is 1. The van der Waals surface area contributed by atoms with Crippen molar-refractivity contribution in [2.75, 3.05) is 4.90 Å². The van der Waals surface area contributed by atoms with Gasteiger partial charge in [-0.1, -0.05) is 44.2 Å². The first-order chi connectivity index (χ1) is 16.7. The van der Waals surface area contributed by atoms with Crippen molar-refractivity contribution >= 4 is 34.3 Å². The molecule has 1 amide bonds. The number of benzene rings is 2. The lowest BCUT2D eigenvalue weighted by Crippen LogP contribution is -2.49. The fourth-order valence-electron chi connectivity index (χ4n) is 5.56. The molecule has 1 spiro atoms. The lowest BCUT2D eigenvalue weighted by Gasteiger charge is -2.30. The Balaban J connectivity index is 1.55. The third kappa shape index (κ3) is 2.81. The molecule has 0 saturated carbocycles. The third-order valence-corrected chi connectivity index (χ3v) is 7.25. The number of ketones is 1. The number of esters is 1. The summed E-state index contributed by atoms with van der Waals surface area (Å²) in [7, 11) is 0. The number of carbonyl (C=O) groups is 3. The summed E-state index contributed by atoms with van der Waals surface area (Å²) in [4.78, 5) is 59.4. The van der Waals surface area contributed by atoms with E-state index >= 15 is 0 Å². The maximum atomic E-state index is 13.7. The van der Waals surface area contributed by atoms with Crippen LogP contribution in [0, 0.1) is 5.92 Å². The standard InChI is InChI=1S/C26H24N4O5/c1-13(2)20(31)21-28-17-10-6-4-8-15(17)23(33)29(21)19-12-26(35-24(19)34)16-9-5-7-11-18(16)30-22(32)14(3)27-25(26)30/h4-11,13-14,19,25,27H,12H2,1-3H3/t14-,19+,25+,26-/m0/s1. The highest BCUT2D eigenvalue weighted by atomic mass is 16.6. The van der Waals surface area contributed by atoms with Gasteiger partial charge < -0.3 is 4.74 Å². The Hall–Kier alpha value is -3.85. The van der Waals surface area contributed by atoms with Crippen LogP contribution in [0.3, 0.4) is 0 Å². The predicted molar refractivity (Wildman–Crippen MR) is 127 cm³/mol. The van der Waals surface area contributed by atoms with Crippen LogP contribution in [0.2, 0.25) is 0 Å². The van der Waals surface area contributed by atoms with Crippen LogP contribution in [-0.4, -0.2) is 39.4 Å². The van der Waals surface area contributed by atoms with E-state index in [1.54, 1.807) is 49.9 Å². The van der Waals surface area contributed by atoms with Gasteiger partial charge in [-0.25, -0.2) is 9.78 Å². The molecule has 3 aliphatic rings. The summed E-state index contributed by atoms with van der Waals surface area (Å²) in [5.74, 6) is -1.57. The fourth-order valence-corrected chi connectivity index (χ4v) is 5.56. The quantitative estimate of drug-likeness (QED) is 0.460. The van der Waals surface area contributed by atoms with Gasteiger partial charge >= 0.3 is 5.97 Å². The number of amides is 1. The highest BCUT2D eigenvalue weighted by molar-refractivity contribution is 6.03. The summed E-state index contributed by atoms with van der Waals surface area (Å²) in [6.07, 6.45) is -0.528. The van der Waals surface area contributed by atoms with E-state index in [-0.39, 0.29) is 23.9 Å². The molecule has 9 nitrogen and oxygen atoms in total. The number of hydrogen-bond acceptors (Lipinski definition) is 7. The van der Waals surface area contributed by atoms with Crippen LogP contribution in [0.15, 0.2) is 53.3 Å². The van der Waals surface area contributed by atoms with Crippen LogP contribution < -0.4 is 15.8 Å². The van der Waals surface area contributed by atoms with E-state index in [1.807, 2.05) is 24.3 Å². The van der Waals surface area contributed by atoms with Gasteiger partial charge in [0.2, 0.25) is 11.7 Å². The van der Waals surface area contributed by atoms with Gasteiger partial charge in [-0.3, -0.25) is 29.2 Å². The van der Waals surface area contributed by atoms with E-state index < -0.39 is 41.3 Å². The van der Waals surface area contributed by atoms with E-state index in [0.717, 1.165) is 0 Å². The number of ether oxygens (including phenoxy) is 1. The number of carbonyl (C=O) groups excluding carboxylic acids is 3. The lowest BCUT2D eigenvalue weighted by molar-refractivity contribution is -0.152. The average molecular weight is 473 g/mol. The molecule has 0 bridgehead atoms. The molecule has 1 N–H and O–H groups in total. The van der Waals surface area contributed by atoms with Crippen molar-refractivity contribution in [3.05, 3.63) is 70.3 Å². The molecule has 3 aromatic rings. The van der Waals surface area contributed by atoms with Crippen molar-refractivity contribution in [3.63, 3.8) is 0 Å². The van der Waals surface area contributed by atoms with Crippen molar-refractivity contribution < 1.29 is 19.1 Å². The molecule has 3 aliphatic heterocycles. The Labute approximate surface area is 200 Å². The van der Waals surface area contributed by atoms with Gasteiger partial charge in [0.15, 0.2) is 11.4 Å². The molecule has 4 heterocycles. The lowest BCUT2D eigenvalue weighted by atomic mass is 9.88. The maximum Gasteiger partial charge on any atom is 0.330 e. The van der Waals surface area contributed by atoms with Crippen molar-refractivity contribution in [3.8, 4) is 0 Å². The SMILES string of the molecule is CC(C)C(=O)c1nc2ccccc2c(=O)n1[C@@H]1C[C@]2(OC1=O)c1ccccc1N1C(=O)[C@H](C)N[C@H]12. The molecule has 2 aromatic carbocycles. The normalized spacial score (nSPS) is 27.1. The van der Waals surface area contributed by atoms with Gasteiger partial charge in [0.1, 0.15) is 12.2 Å². The summed E-state index contributed by atoms with van der Waals surface area (Å²) in [6.45, 7) is 5.22. The number of nitrogens with one attached hydrogen (secondary N) is 1. The van der Waals surface area contributed by atoms with Gasteiger partial charge in [-0.05, 0) is 25.1 Å². The molecular formula is C26H24N4O5. The van der Waals surface area contributed by atoms with Crippen LogP contribution in [-0.2, 0) is 19.9 Å². The second-order valence-electron chi connectivity index (χ2n) is 9.69. The van der Waals surface area contributed by atoms with Crippen molar-refractivity contribution in [2.45, 2.75) is 51.0 Å². The van der Waals surface area contributed by atoms with Gasteiger partial charge in [-0.2, -0.15) is 0 Å². The number of aromatic nitrogens is 2. The van der Waals surface area contributed by atoms with Crippen molar-refractivity contribution in [2.24, 2.45) is 5.92 Å². The minimum Gasteiger partial charge on any atom is -0.449 e. The Bertz CT molecular complexity index is 1490. The topological polar surface area (TPSA) is 111 Å². The van der Waals surface area contributed by atoms with Gasteiger partial charge in [-0.15, -0.1) is 0 Å². The van der Waals surface area contributed by atoms with Gasteiger partial charge in [0.05, 0.1) is 22.6 Å². The molecule has 0 radical (unpaired) electrons. The third-order valence-electron chi connectivity index (χ3n) is 7.25. The maximum absolute atomic E-state index is 13.7. The summed E-state index contributed by atoms with van der Waals surface area (Å²) in [5.41, 5.74) is 0.114. The van der Waals surface area contributed by atoms with Crippen LogP contribution >= 0.6 is 0 Å². The number of rotatable bonds is 3. The first-order valence-corrected chi connectivity index (χ1v) is 11.7. The predicted octanol–water partition coefficient (Wildman–Crippen LogP) is 2.28. The molecule has 6 rings (SSSR count). The highest BCUT2D eigenvalue weighted by Crippen LogP contribution is 2.54. The van der Waals surface area contributed by atoms with Crippen LogP contribution in [0.5, 0.6) is 0 Å². The zero-order chi connectivity index (χ0) is 24.6.